The van der Waals surface area contributed by atoms with E-state index in [1.807, 2.05) is 17.0 Å². The van der Waals surface area contributed by atoms with E-state index in [-0.39, 0.29) is 16.8 Å². The Kier molecular flexibility index (Phi) is 6.10. The van der Waals surface area contributed by atoms with E-state index >= 15 is 0 Å². The smallest absolute Gasteiger partial charge is 0.262 e. The van der Waals surface area contributed by atoms with Crippen LogP contribution in [0.1, 0.15) is 41.2 Å². The number of ether oxygens (including phenoxy) is 2. The SMILES string of the molecule is O=C(c1ccc(NS(=O)(=O)c2ccc3c(c2)OCCCO3)cc1)N1CCC[C@H]1c1ccncc1. The van der Waals surface area contributed by atoms with Crippen LogP contribution in [0, 0.1) is 0 Å². The Hall–Kier alpha value is -3.59. The standard InChI is InChI=1S/C25H25N3O5S/c29-25(28-14-1-3-22(28)18-10-12-26-13-11-18)19-4-6-20(7-5-19)27-34(30,31)21-8-9-23-24(17-21)33-16-2-15-32-23/h4-13,17,22,27H,1-3,14-16H2/t22-/m0/s1. The summed E-state index contributed by atoms with van der Waals surface area (Å²) in [6, 6.07) is 15.0. The summed E-state index contributed by atoms with van der Waals surface area (Å²) in [5, 5.41) is 0. The lowest BCUT2D eigenvalue weighted by atomic mass is 10.1. The van der Waals surface area contributed by atoms with Crippen LogP contribution >= 0.6 is 0 Å². The average molecular weight is 480 g/mol. The lowest BCUT2D eigenvalue weighted by molar-refractivity contribution is 0.0735. The topological polar surface area (TPSA) is 97.8 Å². The van der Waals surface area contributed by atoms with Gasteiger partial charge >= 0.3 is 0 Å². The molecule has 3 heterocycles. The molecule has 1 N–H and O–H groups in total. The number of sulfonamides is 1. The van der Waals surface area contributed by atoms with Crippen molar-refractivity contribution in [1.29, 1.82) is 0 Å². The Morgan fingerprint density at radius 1 is 0.941 bits per heavy atom. The van der Waals surface area contributed by atoms with Gasteiger partial charge in [0.15, 0.2) is 11.5 Å². The van der Waals surface area contributed by atoms with Gasteiger partial charge in [-0.25, -0.2) is 8.42 Å². The van der Waals surface area contributed by atoms with E-state index in [1.54, 1.807) is 42.7 Å². The average Bonchev–Trinajstić information content (AvgIpc) is 3.23. The highest BCUT2D eigenvalue weighted by Gasteiger charge is 2.30. The number of carbonyl (C=O) groups is 1. The first-order chi connectivity index (χ1) is 16.5. The molecule has 5 rings (SSSR count). The number of aromatic nitrogens is 1. The number of anilines is 1. The highest BCUT2D eigenvalue weighted by Crippen LogP contribution is 2.34. The van der Waals surface area contributed by atoms with Crippen molar-refractivity contribution in [2.45, 2.75) is 30.2 Å². The van der Waals surface area contributed by atoms with Crippen LogP contribution in [0.2, 0.25) is 0 Å². The number of hydrogen-bond donors (Lipinski definition) is 1. The van der Waals surface area contributed by atoms with Crippen LogP contribution < -0.4 is 14.2 Å². The molecule has 2 aliphatic heterocycles. The summed E-state index contributed by atoms with van der Waals surface area (Å²) in [6.45, 7) is 1.69. The first-order valence-corrected chi connectivity index (χ1v) is 12.7. The molecule has 0 unspecified atom stereocenters. The molecule has 1 atom stereocenters. The quantitative estimate of drug-likeness (QED) is 0.594. The molecule has 8 nitrogen and oxygen atoms in total. The molecular formula is C25H25N3O5S. The Labute approximate surface area is 198 Å². The number of nitrogens with zero attached hydrogens (tertiary/aromatic N) is 2. The minimum Gasteiger partial charge on any atom is -0.490 e. The highest BCUT2D eigenvalue weighted by molar-refractivity contribution is 7.92. The fourth-order valence-corrected chi connectivity index (χ4v) is 5.39. The number of carbonyl (C=O) groups excluding carboxylic acids is 1. The van der Waals surface area contributed by atoms with Gasteiger partial charge < -0.3 is 14.4 Å². The van der Waals surface area contributed by atoms with Gasteiger partial charge in [-0.3, -0.25) is 14.5 Å². The van der Waals surface area contributed by atoms with Crippen molar-refractivity contribution in [3.8, 4) is 11.5 Å². The van der Waals surface area contributed by atoms with Crippen molar-refractivity contribution < 1.29 is 22.7 Å². The molecule has 2 aliphatic rings. The van der Waals surface area contributed by atoms with Crippen LogP contribution in [-0.2, 0) is 10.0 Å². The lowest BCUT2D eigenvalue weighted by Gasteiger charge is -2.25. The van der Waals surface area contributed by atoms with Gasteiger partial charge in [-0.2, -0.15) is 0 Å². The summed E-state index contributed by atoms with van der Waals surface area (Å²) < 4.78 is 39.6. The first kappa shape index (κ1) is 22.2. The van der Waals surface area contributed by atoms with Gasteiger partial charge in [-0.1, -0.05) is 0 Å². The van der Waals surface area contributed by atoms with Crippen molar-refractivity contribution in [3.05, 3.63) is 78.1 Å². The van der Waals surface area contributed by atoms with Crippen LogP contribution in [0.4, 0.5) is 5.69 Å². The molecule has 0 spiro atoms. The van der Waals surface area contributed by atoms with Crippen LogP contribution in [0.5, 0.6) is 11.5 Å². The number of rotatable bonds is 5. The molecule has 1 fully saturated rings. The van der Waals surface area contributed by atoms with Crippen molar-refractivity contribution in [2.75, 3.05) is 24.5 Å². The summed E-state index contributed by atoms with van der Waals surface area (Å²) in [6.07, 6.45) is 6.05. The fraction of sp³-hybridized carbons (Fsp3) is 0.280. The van der Waals surface area contributed by atoms with Crippen LogP contribution in [0.25, 0.3) is 0 Å². The third-order valence-electron chi connectivity index (χ3n) is 6.02. The van der Waals surface area contributed by atoms with Gasteiger partial charge in [-0.15, -0.1) is 0 Å². The largest absolute Gasteiger partial charge is 0.490 e. The zero-order valence-corrected chi connectivity index (χ0v) is 19.3. The molecule has 1 saturated heterocycles. The van der Waals surface area contributed by atoms with Crippen molar-refractivity contribution in [2.24, 2.45) is 0 Å². The summed E-state index contributed by atoms with van der Waals surface area (Å²) in [5.74, 6) is 0.874. The second-order valence-corrected chi connectivity index (χ2v) is 9.96. The van der Waals surface area contributed by atoms with Crippen molar-refractivity contribution in [1.82, 2.24) is 9.88 Å². The normalized spacial score (nSPS) is 17.8. The van der Waals surface area contributed by atoms with E-state index in [2.05, 4.69) is 9.71 Å². The highest BCUT2D eigenvalue weighted by atomic mass is 32.2. The van der Waals surface area contributed by atoms with E-state index in [4.69, 9.17) is 9.47 Å². The Morgan fingerprint density at radius 2 is 1.68 bits per heavy atom. The molecule has 3 aromatic rings. The maximum absolute atomic E-state index is 13.2. The second-order valence-electron chi connectivity index (χ2n) is 8.28. The maximum Gasteiger partial charge on any atom is 0.262 e. The van der Waals surface area contributed by atoms with E-state index in [9.17, 15) is 13.2 Å². The Bertz CT molecular complexity index is 1280. The van der Waals surface area contributed by atoms with Crippen molar-refractivity contribution in [3.63, 3.8) is 0 Å². The number of fused-ring (bicyclic) bond motifs is 1. The summed E-state index contributed by atoms with van der Waals surface area (Å²) in [4.78, 5) is 19.2. The second kappa shape index (κ2) is 9.34. The lowest BCUT2D eigenvalue weighted by Crippen LogP contribution is -2.30. The zero-order chi connectivity index (χ0) is 23.5. The first-order valence-electron chi connectivity index (χ1n) is 11.2. The Morgan fingerprint density at radius 3 is 2.44 bits per heavy atom. The van der Waals surface area contributed by atoms with Crippen molar-refractivity contribution >= 4 is 21.6 Å². The Balaban J connectivity index is 1.30. The van der Waals surface area contributed by atoms with Gasteiger partial charge in [0.05, 0.1) is 24.2 Å². The summed E-state index contributed by atoms with van der Waals surface area (Å²) in [7, 11) is -3.84. The fourth-order valence-electron chi connectivity index (χ4n) is 4.31. The van der Waals surface area contributed by atoms with E-state index in [1.165, 1.54) is 12.1 Å². The number of hydrogen-bond acceptors (Lipinski definition) is 6. The minimum absolute atomic E-state index is 0.0214. The number of pyridine rings is 1. The van der Waals surface area contributed by atoms with Gasteiger partial charge in [0.1, 0.15) is 0 Å². The van der Waals surface area contributed by atoms with E-state index in [0.717, 1.165) is 24.8 Å². The third-order valence-corrected chi connectivity index (χ3v) is 7.40. The third kappa shape index (κ3) is 4.56. The number of likely N-dealkylation sites (tertiary alicyclic amines) is 1. The molecule has 0 saturated carbocycles. The number of amides is 1. The molecule has 0 bridgehead atoms. The van der Waals surface area contributed by atoms with Gasteiger partial charge in [0.25, 0.3) is 15.9 Å². The molecule has 0 radical (unpaired) electrons. The molecule has 1 aromatic heterocycles. The van der Waals surface area contributed by atoms with Gasteiger partial charge in [0.2, 0.25) is 0 Å². The molecule has 1 amide bonds. The summed E-state index contributed by atoms with van der Waals surface area (Å²) >= 11 is 0. The predicted molar refractivity (Wildman–Crippen MR) is 127 cm³/mol. The maximum atomic E-state index is 13.2. The molecule has 9 heteroatoms. The van der Waals surface area contributed by atoms with E-state index < -0.39 is 10.0 Å². The van der Waals surface area contributed by atoms with Crippen LogP contribution in [0.15, 0.2) is 71.9 Å². The van der Waals surface area contributed by atoms with E-state index in [0.29, 0.717) is 42.5 Å². The molecule has 176 valence electrons. The van der Waals surface area contributed by atoms with Gasteiger partial charge in [-0.05, 0) is 66.9 Å². The van der Waals surface area contributed by atoms with Crippen LogP contribution in [-0.4, -0.2) is 44.0 Å². The molecule has 34 heavy (non-hydrogen) atoms. The number of nitrogens with one attached hydrogen (secondary N) is 1. The summed E-state index contributed by atoms with van der Waals surface area (Å²) in [5.41, 5.74) is 1.95. The molecule has 0 aliphatic carbocycles. The zero-order valence-electron chi connectivity index (χ0n) is 18.5. The van der Waals surface area contributed by atoms with Crippen LogP contribution in [0.3, 0.4) is 0 Å². The number of benzene rings is 2. The monoisotopic (exact) mass is 479 g/mol. The molecule has 2 aromatic carbocycles. The van der Waals surface area contributed by atoms with Gasteiger partial charge in [0, 0.05) is 42.7 Å². The predicted octanol–water partition coefficient (Wildman–Crippen LogP) is 4.02. The minimum atomic E-state index is -3.84. The molecular weight excluding hydrogens is 454 g/mol.